The summed E-state index contributed by atoms with van der Waals surface area (Å²) in [5, 5.41) is 1.55. The van der Waals surface area contributed by atoms with Crippen molar-refractivity contribution in [3.63, 3.8) is 0 Å². The van der Waals surface area contributed by atoms with Crippen LogP contribution in [-0.2, 0) is 18.1 Å². The topological polar surface area (TPSA) is 102 Å². The van der Waals surface area contributed by atoms with E-state index in [1.807, 2.05) is 79.7 Å². The van der Waals surface area contributed by atoms with Gasteiger partial charge in [0.05, 0.1) is 11.8 Å². The first kappa shape index (κ1) is 24.4. The standard InChI is InChI=1S/C31H26N4O4/c1-2-38-19-35-28(29(36)24-15-32-26-11-7-6-10-22(24)26)17-34-31(35)30(37)25-16-33-27-14-21(12-13-23(25)27)39-18-20-8-4-3-5-9-20/h3-17,32-33H,2,18-19H2,1H3. The van der Waals surface area contributed by atoms with Gasteiger partial charge in [-0.15, -0.1) is 0 Å². The number of ketones is 2. The third-order valence-electron chi connectivity index (χ3n) is 6.70. The number of nitrogens with one attached hydrogen (secondary N) is 2. The molecular formula is C31H26N4O4. The molecule has 0 aliphatic rings. The summed E-state index contributed by atoms with van der Waals surface area (Å²) in [7, 11) is 0. The van der Waals surface area contributed by atoms with E-state index in [0.717, 1.165) is 27.4 Å². The van der Waals surface area contributed by atoms with Gasteiger partial charge in [0.15, 0.2) is 5.82 Å². The van der Waals surface area contributed by atoms with Crippen LogP contribution in [0.3, 0.4) is 0 Å². The molecule has 8 heteroatoms. The van der Waals surface area contributed by atoms with Crippen molar-refractivity contribution in [2.24, 2.45) is 0 Å². The maximum absolute atomic E-state index is 13.7. The second kappa shape index (κ2) is 10.4. The smallest absolute Gasteiger partial charge is 0.230 e. The highest BCUT2D eigenvalue weighted by molar-refractivity contribution is 6.18. The lowest BCUT2D eigenvalue weighted by molar-refractivity contribution is 0.0779. The van der Waals surface area contributed by atoms with Crippen molar-refractivity contribution in [3.05, 3.63) is 120 Å². The van der Waals surface area contributed by atoms with Gasteiger partial charge in [0.1, 0.15) is 24.8 Å². The van der Waals surface area contributed by atoms with Gasteiger partial charge < -0.3 is 19.4 Å². The normalized spacial score (nSPS) is 11.3. The number of para-hydroxylation sites is 1. The highest BCUT2D eigenvalue weighted by atomic mass is 16.5. The summed E-state index contributed by atoms with van der Waals surface area (Å²) in [4.78, 5) is 38.0. The summed E-state index contributed by atoms with van der Waals surface area (Å²) in [6.45, 7) is 2.75. The number of carbonyl (C=O) groups excluding carboxylic acids is 2. The van der Waals surface area contributed by atoms with Gasteiger partial charge in [-0.1, -0.05) is 48.5 Å². The number of hydrogen-bond acceptors (Lipinski definition) is 5. The van der Waals surface area contributed by atoms with Crippen LogP contribution in [0.25, 0.3) is 21.8 Å². The number of nitrogens with zero attached hydrogens (tertiary/aromatic N) is 2. The van der Waals surface area contributed by atoms with Crippen LogP contribution in [0.4, 0.5) is 0 Å². The number of benzene rings is 3. The average Bonchev–Trinajstić information content (AvgIpc) is 3.71. The first-order chi connectivity index (χ1) is 19.1. The van der Waals surface area contributed by atoms with Crippen molar-refractivity contribution < 1.29 is 19.1 Å². The molecule has 0 saturated heterocycles. The van der Waals surface area contributed by atoms with E-state index in [9.17, 15) is 9.59 Å². The third-order valence-corrected chi connectivity index (χ3v) is 6.70. The molecule has 0 amide bonds. The number of ether oxygens (including phenoxy) is 2. The number of rotatable bonds is 10. The minimum atomic E-state index is -0.308. The summed E-state index contributed by atoms with van der Waals surface area (Å²) in [6, 6.07) is 23.1. The molecule has 3 aromatic heterocycles. The van der Waals surface area contributed by atoms with Gasteiger partial charge in [-0.2, -0.15) is 0 Å². The van der Waals surface area contributed by atoms with Crippen molar-refractivity contribution in [2.45, 2.75) is 20.3 Å². The van der Waals surface area contributed by atoms with Crippen molar-refractivity contribution in [1.29, 1.82) is 0 Å². The highest BCUT2D eigenvalue weighted by Gasteiger charge is 2.26. The molecular weight excluding hydrogens is 492 g/mol. The Labute approximate surface area is 224 Å². The molecule has 39 heavy (non-hydrogen) atoms. The Balaban J connectivity index is 1.31. The molecule has 0 fully saturated rings. The van der Waals surface area contributed by atoms with Crippen LogP contribution in [0.15, 0.2) is 91.4 Å². The Bertz CT molecular complexity index is 1800. The summed E-state index contributed by atoms with van der Waals surface area (Å²) < 4.78 is 13.1. The van der Waals surface area contributed by atoms with E-state index >= 15 is 0 Å². The average molecular weight is 519 g/mol. The van der Waals surface area contributed by atoms with Crippen LogP contribution in [0.5, 0.6) is 5.75 Å². The molecule has 0 radical (unpaired) electrons. The Hall–Kier alpha value is -4.95. The Morgan fingerprint density at radius 2 is 1.56 bits per heavy atom. The Kier molecular flexibility index (Phi) is 6.52. The predicted octanol–water partition coefficient (Wildman–Crippen LogP) is 5.88. The zero-order valence-electron chi connectivity index (χ0n) is 21.3. The van der Waals surface area contributed by atoms with E-state index in [1.165, 1.54) is 6.20 Å². The molecule has 2 N–H and O–H groups in total. The molecule has 0 unspecified atom stereocenters. The van der Waals surface area contributed by atoms with E-state index in [2.05, 4.69) is 15.0 Å². The zero-order valence-corrected chi connectivity index (χ0v) is 21.3. The number of hydrogen-bond donors (Lipinski definition) is 2. The summed E-state index contributed by atoms with van der Waals surface area (Å²) in [5.41, 5.74) is 3.94. The second-order valence-corrected chi connectivity index (χ2v) is 9.11. The molecule has 3 aromatic carbocycles. The van der Waals surface area contributed by atoms with Gasteiger partial charge in [-0.25, -0.2) is 4.98 Å². The fourth-order valence-electron chi connectivity index (χ4n) is 4.69. The van der Waals surface area contributed by atoms with Crippen molar-refractivity contribution in [2.75, 3.05) is 6.61 Å². The molecule has 3 heterocycles. The lowest BCUT2D eigenvalue weighted by atomic mass is 10.1. The molecule has 194 valence electrons. The molecule has 0 saturated carbocycles. The number of fused-ring (bicyclic) bond motifs is 2. The molecule has 0 bridgehead atoms. The van der Waals surface area contributed by atoms with Crippen molar-refractivity contribution in [1.82, 2.24) is 19.5 Å². The van der Waals surface area contributed by atoms with Crippen LogP contribution in [0, 0.1) is 0 Å². The molecule has 6 rings (SSSR count). The molecule has 8 nitrogen and oxygen atoms in total. The number of imidazole rings is 1. The summed E-state index contributed by atoms with van der Waals surface area (Å²) in [5.74, 6) is 0.281. The fourth-order valence-corrected chi connectivity index (χ4v) is 4.69. The predicted molar refractivity (Wildman–Crippen MR) is 148 cm³/mol. The van der Waals surface area contributed by atoms with Gasteiger partial charge in [0, 0.05) is 52.4 Å². The van der Waals surface area contributed by atoms with E-state index in [1.54, 1.807) is 17.0 Å². The third kappa shape index (κ3) is 4.62. The lowest BCUT2D eigenvalue weighted by Crippen LogP contribution is -2.18. The number of H-pyrrole nitrogens is 2. The minimum Gasteiger partial charge on any atom is -0.489 e. The van der Waals surface area contributed by atoms with Crippen LogP contribution in [-0.4, -0.2) is 37.7 Å². The number of carbonyl (C=O) groups is 2. The quantitative estimate of drug-likeness (QED) is 0.221. The molecule has 6 aromatic rings. The largest absolute Gasteiger partial charge is 0.489 e. The van der Waals surface area contributed by atoms with Gasteiger partial charge in [-0.3, -0.25) is 14.2 Å². The summed E-state index contributed by atoms with van der Waals surface area (Å²) in [6.07, 6.45) is 4.79. The maximum Gasteiger partial charge on any atom is 0.230 e. The van der Waals surface area contributed by atoms with Crippen molar-refractivity contribution >= 4 is 33.4 Å². The van der Waals surface area contributed by atoms with Crippen LogP contribution in [0.1, 0.15) is 44.7 Å². The second-order valence-electron chi connectivity index (χ2n) is 9.11. The fraction of sp³-hybridized carbons (Fsp3) is 0.129. The highest BCUT2D eigenvalue weighted by Crippen LogP contribution is 2.27. The van der Waals surface area contributed by atoms with E-state index < -0.39 is 0 Å². The Morgan fingerprint density at radius 3 is 2.38 bits per heavy atom. The Morgan fingerprint density at radius 1 is 0.846 bits per heavy atom. The number of aromatic amines is 2. The van der Waals surface area contributed by atoms with Gasteiger partial charge >= 0.3 is 0 Å². The monoisotopic (exact) mass is 518 g/mol. The SMILES string of the molecule is CCOCn1c(C(=O)c2c[nH]c3ccccc23)cnc1C(=O)c1c[nH]c2cc(OCc3ccccc3)ccc12. The van der Waals surface area contributed by atoms with E-state index in [0.29, 0.717) is 30.1 Å². The van der Waals surface area contributed by atoms with Crippen LogP contribution < -0.4 is 4.74 Å². The van der Waals surface area contributed by atoms with E-state index in [-0.39, 0.29) is 29.8 Å². The first-order valence-electron chi connectivity index (χ1n) is 12.7. The zero-order chi connectivity index (χ0) is 26.8. The first-order valence-corrected chi connectivity index (χ1v) is 12.7. The van der Waals surface area contributed by atoms with Crippen LogP contribution in [0.2, 0.25) is 0 Å². The van der Waals surface area contributed by atoms with E-state index in [4.69, 9.17) is 9.47 Å². The van der Waals surface area contributed by atoms with Crippen LogP contribution >= 0.6 is 0 Å². The number of aromatic nitrogens is 4. The van der Waals surface area contributed by atoms with Gasteiger partial charge in [-0.05, 0) is 30.7 Å². The molecule has 0 atom stereocenters. The minimum absolute atomic E-state index is 0.0286. The maximum atomic E-state index is 13.7. The van der Waals surface area contributed by atoms with Gasteiger partial charge in [0.25, 0.3) is 0 Å². The summed E-state index contributed by atoms with van der Waals surface area (Å²) >= 11 is 0. The van der Waals surface area contributed by atoms with Crippen molar-refractivity contribution in [3.8, 4) is 5.75 Å². The molecule has 0 aliphatic heterocycles. The molecule has 0 spiro atoms. The van der Waals surface area contributed by atoms with Gasteiger partial charge in [0.2, 0.25) is 11.6 Å². The molecule has 0 aliphatic carbocycles. The lowest BCUT2D eigenvalue weighted by Gasteiger charge is -2.11.